The molecule has 0 unspecified atom stereocenters. The number of aromatic nitrogens is 2. The number of hydrogen-bond donors (Lipinski definition) is 5. The Hall–Kier alpha value is -3.21. The summed E-state index contributed by atoms with van der Waals surface area (Å²) >= 11 is 0. The summed E-state index contributed by atoms with van der Waals surface area (Å²) in [5, 5.41) is 15.8. The molecule has 5 N–H and O–H groups in total. The molecule has 0 saturated carbocycles. The first-order valence-electron chi connectivity index (χ1n) is 14.0. The Balaban J connectivity index is 0.000000548. The van der Waals surface area contributed by atoms with Crippen molar-refractivity contribution in [3.05, 3.63) is 52.8 Å². The van der Waals surface area contributed by atoms with E-state index < -0.39 is 47.0 Å². The zero-order valence-corrected chi connectivity index (χ0v) is 27.5. The van der Waals surface area contributed by atoms with Gasteiger partial charge in [-0.3, -0.25) is 19.0 Å². The molecule has 1 aromatic heterocycles. The number of aromatic amines is 1. The number of rotatable bonds is 11. The number of anilines is 1. The molecule has 13 nitrogen and oxygen atoms in total. The second-order valence-electron chi connectivity index (χ2n) is 9.15. The van der Waals surface area contributed by atoms with Gasteiger partial charge in [0, 0.05) is 18.8 Å². The standard InChI is InChI=1S/C16H15N3O8S2.2C6H15N/c1-17-10-4-2-9(3-5-10)12-8-15(20)19(18-12)13-6-11(28(22,23)24)7-14(16(13)21)29(25,26)27;2*1-4-7(5-2)6-3/h2-8,17-18,21H,1H3,(H,22,23,24)(H,25,26,27);2*4-6H2,1-3H3. The summed E-state index contributed by atoms with van der Waals surface area (Å²) < 4.78 is 65.2. The average molecular weight is 644 g/mol. The van der Waals surface area contributed by atoms with Gasteiger partial charge in [-0.2, -0.15) is 16.8 Å². The van der Waals surface area contributed by atoms with Crippen molar-refractivity contribution in [1.82, 2.24) is 19.6 Å². The highest BCUT2D eigenvalue weighted by molar-refractivity contribution is 7.86. The van der Waals surface area contributed by atoms with Crippen LogP contribution in [0.4, 0.5) is 5.69 Å². The van der Waals surface area contributed by atoms with E-state index in [4.69, 9.17) is 0 Å². The van der Waals surface area contributed by atoms with Crippen LogP contribution in [-0.4, -0.2) is 96.9 Å². The van der Waals surface area contributed by atoms with Crippen molar-refractivity contribution in [3.63, 3.8) is 0 Å². The molecule has 242 valence electrons. The minimum atomic E-state index is -5.07. The lowest BCUT2D eigenvalue weighted by molar-refractivity contribution is 0.321. The third-order valence-electron chi connectivity index (χ3n) is 6.73. The van der Waals surface area contributed by atoms with E-state index in [1.165, 1.54) is 39.3 Å². The molecule has 0 aliphatic heterocycles. The van der Waals surface area contributed by atoms with E-state index in [9.17, 15) is 35.8 Å². The minimum absolute atomic E-state index is 0.280. The molecule has 1 heterocycles. The second-order valence-corrected chi connectivity index (χ2v) is 12.0. The Kier molecular flexibility index (Phi) is 15.1. The molecular weight excluding hydrogens is 598 g/mol. The van der Waals surface area contributed by atoms with E-state index in [1.54, 1.807) is 31.3 Å². The predicted octanol–water partition coefficient (Wildman–Crippen LogP) is 3.77. The van der Waals surface area contributed by atoms with Gasteiger partial charge in [0.05, 0.1) is 10.6 Å². The molecule has 3 aromatic rings. The third-order valence-corrected chi connectivity index (χ3v) is 8.43. The molecule has 0 radical (unpaired) electrons. The largest absolute Gasteiger partial charge is 0.504 e. The van der Waals surface area contributed by atoms with Gasteiger partial charge in [0.25, 0.3) is 25.8 Å². The van der Waals surface area contributed by atoms with Gasteiger partial charge in [-0.1, -0.05) is 53.7 Å². The van der Waals surface area contributed by atoms with Crippen molar-refractivity contribution in [3.8, 4) is 22.7 Å². The van der Waals surface area contributed by atoms with Crippen molar-refractivity contribution in [2.24, 2.45) is 0 Å². The molecule has 0 saturated heterocycles. The molecule has 43 heavy (non-hydrogen) atoms. The average Bonchev–Trinajstić information content (AvgIpc) is 3.35. The van der Waals surface area contributed by atoms with Gasteiger partial charge in [0.15, 0.2) is 5.75 Å². The number of aromatic hydroxyl groups is 1. The van der Waals surface area contributed by atoms with E-state index in [0.717, 1.165) is 11.8 Å². The van der Waals surface area contributed by atoms with Gasteiger partial charge >= 0.3 is 0 Å². The summed E-state index contributed by atoms with van der Waals surface area (Å²) in [5.41, 5.74) is 0.299. The number of phenolic OH excluding ortho intramolecular Hbond substituents is 1. The predicted molar refractivity (Wildman–Crippen MR) is 170 cm³/mol. The summed E-state index contributed by atoms with van der Waals surface area (Å²) in [6.45, 7) is 20.2. The molecule has 15 heteroatoms. The lowest BCUT2D eigenvalue weighted by Gasteiger charge is -2.13. The molecule has 0 bridgehead atoms. The molecule has 0 aliphatic carbocycles. The molecular formula is C28H45N5O8S2. The first kappa shape index (κ1) is 37.8. The van der Waals surface area contributed by atoms with Crippen molar-refractivity contribution in [2.45, 2.75) is 51.3 Å². The van der Waals surface area contributed by atoms with Gasteiger partial charge < -0.3 is 20.2 Å². The molecule has 0 fully saturated rings. The quantitative estimate of drug-likeness (QED) is 0.192. The van der Waals surface area contributed by atoms with E-state index in [1.807, 2.05) is 0 Å². The first-order valence-corrected chi connectivity index (χ1v) is 16.9. The van der Waals surface area contributed by atoms with Crippen LogP contribution in [0.1, 0.15) is 41.5 Å². The fourth-order valence-electron chi connectivity index (χ4n) is 3.97. The smallest absolute Gasteiger partial charge is 0.298 e. The Labute approximate surface area is 254 Å². The van der Waals surface area contributed by atoms with Crippen LogP contribution in [-0.2, 0) is 20.2 Å². The molecule has 0 spiro atoms. The van der Waals surface area contributed by atoms with E-state index >= 15 is 0 Å². The Morgan fingerprint density at radius 2 is 1.23 bits per heavy atom. The number of phenols is 1. The van der Waals surface area contributed by atoms with Gasteiger partial charge in [-0.15, -0.1) is 0 Å². The molecule has 0 atom stereocenters. The van der Waals surface area contributed by atoms with E-state index in [-0.39, 0.29) is 5.69 Å². The van der Waals surface area contributed by atoms with Crippen LogP contribution in [0.3, 0.4) is 0 Å². The Morgan fingerprint density at radius 3 is 1.58 bits per heavy atom. The highest BCUT2D eigenvalue weighted by atomic mass is 32.2. The maximum absolute atomic E-state index is 12.4. The fourth-order valence-corrected chi connectivity index (χ4v) is 5.19. The highest BCUT2D eigenvalue weighted by Gasteiger charge is 2.26. The Morgan fingerprint density at radius 1 is 0.767 bits per heavy atom. The number of nitrogens with zero attached hydrogens (tertiary/aromatic N) is 3. The molecule has 0 aliphatic rings. The summed E-state index contributed by atoms with van der Waals surface area (Å²) in [5.74, 6) is -1.08. The molecule has 2 aromatic carbocycles. The maximum Gasteiger partial charge on any atom is 0.298 e. The maximum atomic E-state index is 12.4. The summed E-state index contributed by atoms with van der Waals surface area (Å²) in [7, 11) is -8.27. The van der Waals surface area contributed by atoms with Gasteiger partial charge in [-0.25, -0.2) is 4.68 Å². The van der Waals surface area contributed by atoms with E-state index in [2.05, 4.69) is 61.8 Å². The van der Waals surface area contributed by atoms with Crippen LogP contribution in [0.15, 0.2) is 57.1 Å². The van der Waals surface area contributed by atoms with Crippen LogP contribution in [0.5, 0.6) is 5.75 Å². The lowest BCUT2D eigenvalue weighted by Crippen LogP contribution is -2.21. The van der Waals surface area contributed by atoms with Crippen LogP contribution in [0, 0.1) is 0 Å². The molecule has 0 amide bonds. The van der Waals surface area contributed by atoms with Crippen LogP contribution < -0.4 is 10.9 Å². The van der Waals surface area contributed by atoms with Crippen LogP contribution >= 0.6 is 0 Å². The molecule has 3 rings (SSSR count). The lowest BCUT2D eigenvalue weighted by atomic mass is 10.1. The van der Waals surface area contributed by atoms with Crippen molar-refractivity contribution >= 4 is 25.9 Å². The number of benzene rings is 2. The van der Waals surface area contributed by atoms with Crippen LogP contribution in [0.2, 0.25) is 0 Å². The number of H-pyrrole nitrogens is 1. The van der Waals surface area contributed by atoms with Crippen molar-refractivity contribution in [2.75, 3.05) is 51.6 Å². The summed E-state index contributed by atoms with van der Waals surface area (Å²) in [6.07, 6.45) is 0. The van der Waals surface area contributed by atoms with Gasteiger partial charge in [0.2, 0.25) is 0 Å². The third kappa shape index (κ3) is 11.1. The topological polar surface area (TPSA) is 185 Å². The zero-order valence-electron chi connectivity index (χ0n) is 25.8. The highest BCUT2D eigenvalue weighted by Crippen LogP contribution is 2.32. The van der Waals surface area contributed by atoms with Gasteiger partial charge in [0.1, 0.15) is 10.6 Å². The monoisotopic (exact) mass is 643 g/mol. The first-order chi connectivity index (χ1) is 20.1. The van der Waals surface area contributed by atoms with Crippen molar-refractivity contribution in [1.29, 1.82) is 0 Å². The number of nitrogens with one attached hydrogen (secondary N) is 2. The minimum Gasteiger partial charge on any atom is -0.504 e. The van der Waals surface area contributed by atoms with Crippen LogP contribution in [0.25, 0.3) is 16.9 Å². The van der Waals surface area contributed by atoms with Crippen molar-refractivity contribution < 1.29 is 31.0 Å². The SMILES string of the molecule is CCN(CC)CC.CCN(CC)CC.CNc1ccc(-c2cc(=O)n(-c3cc(S(=O)(=O)O)cc(S(=O)(=O)O)c3O)[nH]2)cc1. The number of hydrogen-bond acceptors (Lipinski definition) is 9. The fraction of sp³-hybridized carbons (Fsp3) is 0.464. The summed E-state index contributed by atoms with van der Waals surface area (Å²) in [4.78, 5) is 15.0. The normalized spacial score (nSPS) is 11.5. The Bertz CT molecular complexity index is 1540. The van der Waals surface area contributed by atoms with E-state index in [0.29, 0.717) is 22.4 Å². The zero-order chi connectivity index (χ0) is 33.0. The second kappa shape index (κ2) is 17.2. The van der Waals surface area contributed by atoms with Gasteiger partial charge in [-0.05, 0) is 69.1 Å². The summed E-state index contributed by atoms with van der Waals surface area (Å²) in [6, 6.07) is 9.02.